The largest absolute Gasteiger partial charge is 0.478 e. The molecule has 0 fully saturated rings. The van der Waals surface area contributed by atoms with Gasteiger partial charge in [0.1, 0.15) is 0 Å². The minimum absolute atomic E-state index is 0.0280. The van der Waals surface area contributed by atoms with Gasteiger partial charge in [-0.2, -0.15) is 0 Å². The fourth-order valence-electron chi connectivity index (χ4n) is 3.69. The molecule has 1 aliphatic rings. The number of carboxylic acids is 1. The number of carbonyl (C=O) groups is 2. The van der Waals surface area contributed by atoms with Crippen molar-refractivity contribution in [3.8, 4) is 0 Å². The quantitative estimate of drug-likeness (QED) is 0.689. The van der Waals surface area contributed by atoms with E-state index >= 15 is 0 Å². The molecule has 5 heteroatoms. The predicted octanol–water partition coefficient (Wildman–Crippen LogP) is 4.34. The molecule has 0 saturated carbocycles. The summed E-state index contributed by atoms with van der Waals surface area (Å²) in [4.78, 5) is 28.1. The number of benzene rings is 2. The van der Waals surface area contributed by atoms with Gasteiger partial charge >= 0.3 is 5.97 Å². The van der Waals surface area contributed by atoms with Gasteiger partial charge in [0.05, 0.1) is 29.8 Å². The molecule has 1 atom stereocenters. The van der Waals surface area contributed by atoms with E-state index in [1.807, 2.05) is 29.0 Å². The number of aromatic nitrogens is 2. The zero-order valence-corrected chi connectivity index (χ0v) is 14.8. The van der Waals surface area contributed by atoms with Gasteiger partial charge in [-0.1, -0.05) is 42.5 Å². The lowest BCUT2D eigenvalue weighted by atomic mass is 9.91. The molecule has 2 aromatic carbocycles. The van der Waals surface area contributed by atoms with Gasteiger partial charge < -0.3 is 9.67 Å². The van der Waals surface area contributed by atoms with Crippen LogP contribution in [0.15, 0.2) is 67.1 Å². The lowest BCUT2D eigenvalue weighted by Gasteiger charge is -2.18. The Hall–Kier alpha value is -3.47. The van der Waals surface area contributed by atoms with E-state index in [9.17, 15) is 9.59 Å². The van der Waals surface area contributed by atoms with Crippen molar-refractivity contribution in [3.63, 3.8) is 0 Å². The number of hydrogen-bond acceptors (Lipinski definition) is 3. The van der Waals surface area contributed by atoms with Crippen LogP contribution in [0.3, 0.4) is 0 Å². The molecule has 1 aliphatic heterocycles. The standard InChI is InChI=1S/C22H18N2O3/c1-14-19-12-23-13-24(19)18(21(14)16-5-3-2-4-6-16)11-20(25)15-7-9-17(10-8-15)22(26)27/h2-10,12-13,18H,11H2,1H3,(H,26,27). The molecule has 5 nitrogen and oxygen atoms in total. The predicted molar refractivity (Wildman–Crippen MR) is 103 cm³/mol. The average molecular weight is 358 g/mol. The van der Waals surface area contributed by atoms with Gasteiger partial charge in [-0.25, -0.2) is 9.78 Å². The van der Waals surface area contributed by atoms with Crippen LogP contribution < -0.4 is 0 Å². The van der Waals surface area contributed by atoms with E-state index in [1.165, 1.54) is 12.1 Å². The summed E-state index contributed by atoms with van der Waals surface area (Å²) in [6, 6.07) is 16.0. The molecule has 0 spiro atoms. The molecule has 0 saturated heterocycles. The van der Waals surface area contributed by atoms with Crippen LogP contribution in [0.2, 0.25) is 0 Å². The normalized spacial score (nSPS) is 15.7. The monoisotopic (exact) mass is 358 g/mol. The van der Waals surface area contributed by atoms with E-state index in [-0.39, 0.29) is 23.8 Å². The van der Waals surface area contributed by atoms with Crippen LogP contribution in [-0.4, -0.2) is 26.4 Å². The van der Waals surface area contributed by atoms with Gasteiger partial charge in [0, 0.05) is 12.0 Å². The lowest BCUT2D eigenvalue weighted by molar-refractivity contribution is 0.0696. The first-order chi connectivity index (χ1) is 13.1. The van der Waals surface area contributed by atoms with E-state index in [0.717, 1.165) is 22.4 Å². The number of nitrogens with zero attached hydrogens (tertiary/aromatic N) is 2. The van der Waals surface area contributed by atoms with Crippen LogP contribution in [0.4, 0.5) is 0 Å². The second-order valence-corrected chi connectivity index (χ2v) is 6.62. The van der Waals surface area contributed by atoms with Crippen LogP contribution >= 0.6 is 0 Å². The number of carboxylic acid groups (broad SMARTS) is 1. The number of carbonyl (C=O) groups excluding carboxylic acids is 1. The van der Waals surface area contributed by atoms with Gasteiger partial charge in [0.25, 0.3) is 0 Å². The molecule has 0 bridgehead atoms. The van der Waals surface area contributed by atoms with E-state index in [1.54, 1.807) is 18.5 Å². The maximum atomic E-state index is 12.9. The van der Waals surface area contributed by atoms with Crippen molar-refractivity contribution in [1.29, 1.82) is 0 Å². The Labute approximate surface area is 156 Å². The molecular weight excluding hydrogens is 340 g/mol. The summed E-state index contributed by atoms with van der Waals surface area (Å²) in [6.07, 6.45) is 3.88. The van der Waals surface area contributed by atoms with Gasteiger partial charge in [-0.3, -0.25) is 4.79 Å². The number of hydrogen-bond donors (Lipinski definition) is 1. The Balaban J connectivity index is 1.67. The zero-order chi connectivity index (χ0) is 19.0. The Morgan fingerprint density at radius 2 is 1.70 bits per heavy atom. The molecule has 3 aromatic rings. The van der Waals surface area contributed by atoms with Crippen LogP contribution in [0, 0.1) is 0 Å². The number of allylic oxidation sites excluding steroid dienone is 2. The number of Topliss-reactive ketones (excluding diaryl/α,β-unsaturated/α-hetero) is 1. The van der Waals surface area contributed by atoms with E-state index in [4.69, 9.17) is 5.11 Å². The summed E-state index contributed by atoms with van der Waals surface area (Å²) in [7, 11) is 0. The molecule has 27 heavy (non-hydrogen) atoms. The SMILES string of the molecule is CC1=C(c2ccccc2)C(CC(=O)c2ccc(C(=O)O)cc2)n2cncc21. The summed E-state index contributed by atoms with van der Waals surface area (Å²) in [5, 5.41) is 9.02. The molecule has 1 N–H and O–H groups in total. The van der Waals surface area contributed by atoms with E-state index in [2.05, 4.69) is 24.0 Å². The highest BCUT2D eigenvalue weighted by Gasteiger charge is 2.31. The maximum absolute atomic E-state index is 12.9. The highest BCUT2D eigenvalue weighted by atomic mass is 16.4. The number of rotatable bonds is 5. The Morgan fingerprint density at radius 1 is 1.04 bits per heavy atom. The summed E-state index contributed by atoms with van der Waals surface area (Å²) >= 11 is 0. The van der Waals surface area contributed by atoms with Gasteiger partial charge in [0.2, 0.25) is 0 Å². The molecule has 1 unspecified atom stereocenters. The third-order valence-electron chi connectivity index (χ3n) is 5.04. The van der Waals surface area contributed by atoms with Crippen molar-refractivity contribution in [1.82, 2.24) is 9.55 Å². The number of ketones is 1. The van der Waals surface area contributed by atoms with Crippen LogP contribution in [0.5, 0.6) is 0 Å². The third kappa shape index (κ3) is 2.97. The second-order valence-electron chi connectivity index (χ2n) is 6.62. The third-order valence-corrected chi connectivity index (χ3v) is 5.04. The second kappa shape index (κ2) is 6.68. The fourth-order valence-corrected chi connectivity index (χ4v) is 3.69. The minimum atomic E-state index is -1.00. The fraction of sp³-hybridized carbons (Fsp3) is 0.136. The van der Waals surface area contributed by atoms with Crippen molar-refractivity contribution in [3.05, 3.63) is 89.5 Å². The van der Waals surface area contributed by atoms with Crippen molar-refractivity contribution >= 4 is 22.9 Å². The molecule has 0 amide bonds. The van der Waals surface area contributed by atoms with Crippen LogP contribution in [0.1, 0.15) is 51.4 Å². The lowest BCUT2D eigenvalue weighted by Crippen LogP contribution is -2.13. The van der Waals surface area contributed by atoms with Crippen LogP contribution in [0.25, 0.3) is 11.1 Å². The van der Waals surface area contributed by atoms with Crippen molar-refractivity contribution in [2.45, 2.75) is 19.4 Å². The number of imidazole rings is 1. The van der Waals surface area contributed by atoms with Gasteiger partial charge in [-0.05, 0) is 35.8 Å². The zero-order valence-electron chi connectivity index (χ0n) is 14.8. The smallest absolute Gasteiger partial charge is 0.335 e. The van der Waals surface area contributed by atoms with E-state index in [0.29, 0.717) is 5.56 Å². The Kier molecular flexibility index (Phi) is 4.20. The number of aromatic carboxylic acids is 1. The summed E-state index contributed by atoms with van der Waals surface area (Å²) in [5.41, 5.74) is 5.05. The molecule has 0 radical (unpaired) electrons. The Bertz CT molecular complexity index is 1050. The van der Waals surface area contributed by atoms with Crippen LogP contribution in [-0.2, 0) is 0 Å². The number of fused-ring (bicyclic) bond motifs is 1. The van der Waals surface area contributed by atoms with Crippen molar-refractivity contribution < 1.29 is 14.7 Å². The first-order valence-corrected chi connectivity index (χ1v) is 8.71. The molecule has 2 heterocycles. The van der Waals surface area contributed by atoms with Gasteiger partial charge in [-0.15, -0.1) is 0 Å². The van der Waals surface area contributed by atoms with Gasteiger partial charge in [0.15, 0.2) is 5.78 Å². The first-order valence-electron chi connectivity index (χ1n) is 8.71. The highest BCUT2D eigenvalue weighted by Crippen LogP contribution is 2.44. The summed E-state index contributed by atoms with van der Waals surface area (Å²) in [5.74, 6) is -1.03. The molecule has 0 aliphatic carbocycles. The highest BCUT2D eigenvalue weighted by molar-refractivity contribution is 6.01. The van der Waals surface area contributed by atoms with Crippen molar-refractivity contribution in [2.24, 2.45) is 0 Å². The molecule has 4 rings (SSSR count). The molecule has 134 valence electrons. The van der Waals surface area contributed by atoms with E-state index < -0.39 is 5.97 Å². The van der Waals surface area contributed by atoms with Crippen molar-refractivity contribution in [2.75, 3.05) is 0 Å². The summed E-state index contributed by atoms with van der Waals surface area (Å²) in [6.45, 7) is 2.06. The topological polar surface area (TPSA) is 72.2 Å². The minimum Gasteiger partial charge on any atom is -0.478 e. The maximum Gasteiger partial charge on any atom is 0.335 e. The Morgan fingerprint density at radius 3 is 2.37 bits per heavy atom. The summed E-state index contributed by atoms with van der Waals surface area (Å²) < 4.78 is 2.04. The molecule has 1 aromatic heterocycles. The molecular formula is C22H18N2O3. The first kappa shape index (κ1) is 17.0. The average Bonchev–Trinajstić information content (AvgIpc) is 3.26.